The van der Waals surface area contributed by atoms with Gasteiger partial charge in [0.2, 0.25) is 5.13 Å². The summed E-state index contributed by atoms with van der Waals surface area (Å²) in [5, 5.41) is 16.5. The Bertz CT molecular complexity index is 523. The summed E-state index contributed by atoms with van der Waals surface area (Å²) < 4.78 is 4.22. The second-order valence-electron chi connectivity index (χ2n) is 4.51. The molecule has 0 amide bonds. The topological polar surface area (TPSA) is 70.9 Å². The van der Waals surface area contributed by atoms with Crippen molar-refractivity contribution in [2.45, 2.75) is 39.2 Å². The summed E-state index contributed by atoms with van der Waals surface area (Å²) in [6, 6.07) is -0.221. The van der Waals surface area contributed by atoms with Gasteiger partial charge in [0.05, 0.1) is 23.4 Å². The van der Waals surface area contributed by atoms with E-state index in [1.165, 1.54) is 11.5 Å². The molecule has 2 heterocycles. The van der Waals surface area contributed by atoms with Crippen LogP contribution in [0.2, 0.25) is 0 Å². The fraction of sp³-hybridized carbons (Fsp3) is 0.583. The van der Waals surface area contributed by atoms with E-state index in [0.717, 1.165) is 28.1 Å². The van der Waals surface area contributed by atoms with Gasteiger partial charge in [-0.2, -0.15) is 4.37 Å². The zero-order valence-electron chi connectivity index (χ0n) is 11.3. The van der Waals surface area contributed by atoms with Gasteiger partial charge in [-0.05, 0) is 0 Å². The van der Waals surface area contributed by atoms with Crippen molar-refractivity contribution < 1.29 is 5.11 Å². The maximum atomic E-state index is 9.51. The van der Waals surface area contributed by atoms with Crippen LogP contribution in [0.1, 0.15) is 49.3 Å². The number of aromatic nitrogens is 3. The molecule has 5 nitrogen and oxygen atoms in total. The summed E-state index contributed by atoms with van der Waals surface area (Å²) in [5.41, 5.74) is 0.865. The predicted molar refractivity (Wildman–Crippen MR) is 78.9 cm³/mol. The first kappa shape index (κ1) is 14.4. The quantitative estimate of drug-likeness (QED) is 0.858. The van der Waals surface area contributed by atoms with Crippen molar-refractivity contribution in [1.29, 1.82) is 0 Å². The number of aliphatic hydroxyl groups excluding tert-OH is 1. The van der Waals surface area contributed by atoms with Gasteiger partial charge in [0.25, 0.3) is 0 Å². The number of nitrogens with zero attached hydrogens (tertiary/aromatic N) is 3. The van der Waals surface area contributed by atoms with Crippen LogP contribution >= 0.6 is 22.9 Å². The minimum absolute atomic E-state index is 0.0116. The van der Waals surface area contributed by atoms with Crippen molar-refractivity contribution in [3.8, 4) is 0 Å². The Morgan fingerprint density at radius 3 is 2.68 bits per heavy atom. The second kappa shape index (κ2) is 6.40. The average Bonchev–Trinajstić information content (AvgIpc) is 3.04. The number of aryl methyl sites for hydroxylation is 1. The molecule has 2 rings (SSSR count). The van der Waals surface area contributed by atoms with Crippen LogP contribution in [0.25, 0.3) is 0 Å². The fourth-order valence-electron chi connectivity index (χ4n) is 1.54. The molecule has 0 radical (unpaired) electrons. The SMILES string of the molecule is CCc1nsc(NC(CO)c2csc(C(C)C)n2)n1. The lowest BCUT2D eigenvalue weighted by molar-refractivity contribution is 0.274. The Hall–Kier alpha value is -1.05. The van der Waals surface area contributed by atoms with E-state index in [-0.39, 0.29) is 12.6 Å². The summed E-state index contributed by atoms with van der Waals surface area (Å²) in [6.45, 7) is 6.23. The van der Waals surface area contributed by atoms with E-state index in [9.17, 15) is 5.11 Å². The smallest absolute Gasteiger partial charge is 0.203 e. The highest BCUT2D eigenvalue weighted by Gasteiger charge is 2.17. The van der Waals surface area contributed by atoms with Gasteiger partial charge in [-0.25, -0.2) is 9.97 Å². The molecule has 104 valence electrons. The Balaban J connectivity index is 2.10. The number of anilines is 1. The summed E-state index contributed by atoms with van der Waals surface area (Å²) in [7, 11) is 0. The molecule has 0 spiro atoms. The van der Waals surface area contributed by atoms with E-state index < -0.39 is 0 Å². The van der Waals surface area contributed by atoms with Gasteiger partial charge < -0.3 is 10.4 Å². The lowest BCUT2D eigenvalue weighted by Crippen LogP contribution is -2.15. The molecule has 0 saturated heterocycles. The minimum atomic E-state index is -0.221. The zero-order chi connectivity index (χ0) is 13.8. The highest BCUT2D eigenvalue weighted by molar-refractivity contribution is 7.10. The van der Waals surface area contributed by atoms with E-state index in [4.69, 9.17) is 0 Å². The van der Waals surface area contributed by atoms with Crippen LogP contribution in [0.3, 0.4) is 0 Å². The number of hydrogen-bond donors (Lipinski definition) is 2. The van der Waals surface area contributed by atoms with Gasteiger partial charge in [0.15, 0.2) is 0 Å². The molecule has 1 atom stereocenters. The first-order valence-electron chi connectivity index (χ1n) is 6.29. The second-order valence-corrected chi connectivity index (χ2v) is 6.16. The Morgan fingerprint density at radius 1 is 1.37 bits per heavy atom. The van der Waals surface area contributed by atoms with Crippen LogP contribution < -0.4 is 5.32 Å². The number of aliphatic hydroxyl groups is 1. The Kier molecular flexibility index (Phi) is 4.84. The molecule has 0 aliphatic heterocycles. The lowest BCUT2D eigenvalue weighted by atomic mass is 10.2. The predicted octanol–water partition coefficient (Wildman–Crippen LogP) is 2.83. The molecule has 0 bridgehead atoms. The summed E-state index contributed by atoms with van der Waals surface area (Å²) in [4.78, 5) is 8.90. The lowest BCUT2D eigenvalue weighted by Gasteiger charge is -2.12. The van der Waals surface area contributed by atoms with Gasteiger partial charge in [0.1, 0.15) is 5.82 Å². The Morgan fingerprint density at radius 2 is 2.16 bits per heavy atom. The van der Waals surface area contributed by atoms with E-state index in [2.05, 4.69) is 33.5 Å². The number of rotatable bonds is 6. The Labute approximate surface area is 120 Å². The molecule has 0 aromatic carbocycles. The van der Waals surface area contributed by atoms with Crippen LogP contribution in [0.4, 0.5) is 5.13 Å². The first-order valence-corrected chi connectivity index (χ1v) is 7.94. The van der Waals surface area contributed by atoms with Crippen molar-refractivity contribution in [3.63, 3.8) is 0 Å². The third-order valence-corrected chi connectivity index (χ3v) is 4.50. The van der Waals surface area contributed by atoms with Gasteiger partial charge in [-0.15, -0.1) is 11.3 Å². The molecule has 2 aromatic heterocycles. The minimum Gasteiger partial charge on any atom is -0.394 e. The number of hydrogen-bond acceptors (Lipinski definition) is 7. The first-order chi connectivity index (χ1) is 9.13. The average molecular weight is 298 g/mol. The normalized spacial score (nSPS) is 12.9. The van der Waals surface area contributed by atoms with Gasteiger partial charge in [-0.1, -0.05) is 20.8 Å². The maximum absolute atomic E-state index is 9.51. The summed E-state index contributed by atoms with van der Waals surface area (Å²) >= 11 is 2.94. The highest BCUT2D eigenvalue weighted by atomic mass is 32.1. The van der Waals surface area contributed by atoms with Gasteiger partial charge in [0, 0.05) is 29.3 Å². The van der Waals surface area contributed by atoms with Crippen molar-refractivity contribution in [2.24, 2.45) is 0 Å². The molecule has 7 heteroatoms. The largest absolute Gasteiger partial charge is 0.394 e. The highest BCUT2D eigenvalue weighted by Crippen LogP contribution is 2.25. The van der Waals surface area contributed by atoms with Crippen LogP contribution in [0.5, 0.6) is 0 Å². The standard InChI is InChI=1S/C12H18N4OS2/c1-4-10-15-12(19-16-10)14-8(5-17)9-6-18-11(13-9)7(2)3/h6-8,17H,4-5H2,1-3H3,(H,14,15,16). The van der Waals surface area contributed by atoms with Crippen molar-refractivity contribution in [1.82, 2.24) is 14.3 Å². The summed E-state index contributed by atoms with van der Waals surface area (Å²) in [6.07, 6.45) is 0.816. The molecule has 19 heavy (non-hydrogen) atoms. The zero-order valence-corrected chi connectivity index (χ0v) is 12.9. The third-order valence-electron chi connectivity index (χ3n) is 2.66. The van der Waals surface area contributed by atoms with Crippen molar-refractivity contribution in [3.05, 3.63) is 21.9 Å². The molecule has 2 aromatic rings. The van der Waals surface area contributed by atoms with Crippen LogP contribution in [-0.4, -0.2) is 26.1 Å². The molecular weight excluding hydrogens is 280 g/mol. The van der Waals surface area contributed by atoms with Crippen molar-refractivity contribution in [2.75, 3.05) is 11.9 Å². The van der Waals surface area contributed by atoms with E-state index in [0.29, 0.717) is 5.92 Å². The van der Waals surface area contributed by atoms with E-state index >= 15 is 0 Å². The maximum Gasteiger partial charge on any atom is 0.203 e. The molecule has 0 saturated carbocycles. The van der Waals surface area contributed by atoms with Crippen LogP contribution in [-0.2, 0) is 6.42 Å². The molecular formula is C12H18N4OS2. The van der Waals surface area contributed by atoms with Crippen LogP contribution in [0, 0.1) is 0 Å². The van der Waals surface area contributed by atoms with Crippen LogP contribution in [0.15, 0.2) is 5.38 Å². The van der Waals surface area contributed by atoms with Gasteiger partial charge in [-0.3, -0.25) is 0 Å². The van der Waals surface area contributed by atoms with E-state index in [1.807, 2.05) is 12.3 Å². The molecule has 0 aliphatic rings. The number of thiazole rings is 1. The fourth-order valence-corrected chi connectivity index (χ4v) is 3.14. The third kappa shape index (κ3) is 3.49. The van der Waals surface area contributed by atoms with Crippen molar-refractivity contribution >= 4 is 28.0 Å². The van der Waals surface area contributed by atoms with E-state index in [1.54, 1.807) is 11.3 Å². The molecule has 0 aliphatic carbocycles. The molecule has 2 N–H and O–H groups in total. The number of nitrogens with one attached hydrogen (secondary N) is 1. The summed E-state index contributed by atoms with van der Waals surface area (Å²) in [5.74, 6) is 1.23. The monoisotopic (exact) mass is 298 g/mol. The molecule has 1 unspecified atom stereocenters. The van der Waals surface area contributed by atoms with Gasteiger partial charge >= 0.3 is 0 Å². The molecule has 0 fully saturated rings.